The molecule has 5 heteroatoms. The topological polar surface area (TPSA) is 42.7 Å². The zero-order valence-electron chi connectivity index (χ0n) is 12.8. The summed E-state index contributed by atoms with van der Waals surface area (Å²) >= 11 is 2.34. The first-order valence-corrected chi connectivity index (χ1v) is 8.76. The average molecular weight is 416 g/mol. The van der Waals surface area contributed by atoms with Crippen LogP contribution < -0.4 is 5.32 Å². The molecule has 0 bridgehead atoms. The van der Waals surface area contributed by atoms with E-state index in [4.69, 9.17) is 0 Å². The molecular weight excluding hydrogens is 399 g/mol. The first kappa shape index (κ1) is 14.7. The van der Waals surface area contributed by atoms with Gasteiger partial charge in [0.1, 0.15) is 6.33 Å². The predicted molar refractivity (Wildman–Crippen MR) is 99.5 cm³/mol. The number of benzene rings is 2. The van der Waals surface area contributed by atoms with Gasteiger partial charge < -0.3 is 5.32 Å². The number of nitrogens with one attached hydrogen (secondary N) is 1. The minimum Gasteiger partial charge on any atom is -0.348 e. The molecule has 4 nitrogen and oxygen atoms in total. The first-order valence-electron chi connectivity index (χ1n) is 7.69. The molecule has 3 aromatic rings. The quantitative estimate of drug-likeness (QED) is 0.633. The van der Waals surface area contributed by atoms with Gasteiger partial charge in [-0.25, -0.2) is 4.68 Å². The number of hydrogen-bond acceptors (Lipinski definition) is 3. The third kappa shape index (κ3) is 2.85. The molecule has 1 aromatic heterocycles. The van der Waals surface area contributed by atoms with Crippen LogP contribution in [-0.2, 0) is 0 Å². The number of aromatic nitrogens is 3. The van der Waals surface area contributed by atoms with E-state index in [1.807, 2.05) is 4.68 Å². The van der Waals surface area contributed by atoms with Crippen LogP contribution in [0.15, 0.2) is 54.9 Å². The zero-order chi connectivity index (χ0) is 15.8. The highest BCUT2D eigenvalue weighted by Gasteiger charge is 2.29. The molecule has 0 amide bonds. The smallest absolute Gasteiger partial charge is 0.222 e. The van der Waals surface area contributed by atoms with Crippen molar-refractivity contribution in [3.8, 4) is 0 Å². The molecule has 2 atom stereocenters. The molecule has 0 saturated heterocycles. The number of hydrogen-bond donors (Lipinski definition) is 1. The van der Waals surface area contributed by atoms with Gasteiger partial charge >= 0.3 is 0 Å². The molecule has 2 aromatic carbocycles. The van der Waals surface area contributed by atoms with E-state index in [1.165, 1.54) is 20.3 Å². The summed E-state index contributed by atoms with van der Waals surface area (Å²) in [5.74, 6) is 0.838. The highest BCUT2D eigenvalue weighted by molar-refractivity contribution is 14.1. The molecule has 0 unspecified atom stereocenters. The minimum atomic E-state index is 0.207. The summed E-state index contributed by atoms with van der Waals surface area (Å²) in [6.07, 6.45) is 2.58. The Morgan fingerprint density at radius 2 is 1.74 bits per heavy atom. The monoisotopic (exact) mass is 416 g/mol. The number of aryl methyl sites for hydroxylation is 1. The summed E-state index contributed by atoms with van der Waals surface area (Å²) in [5.41, 5.74) is 3.84. The van der Waals surface area contributed by atoms with E-state index < -0.39 is 0 Å². The molecule has 1 aliphatic heterocycles. The van der Waals surface area contributed by atoms with Gasteiger partial charge in [0.25, 0.3) is 0 Å². The van der Waals surface area contributed by atoms with Crippen molar-refractivity contribution in [2.24, 2.45) is 0 Å². The van der Waals surface area contributed by atoms with Crippen molar-refractivity contribution >= 4 is 28.5 Å². The summed E-state index contributed by atoms with van der Waals surface area (Å²) in [6.45, 7) is 2.11. The fourth-order valence-electron chi connectivity index (χ4n) is 3.10. The Balaban J connectivity index is 1.71. The maximum atomic E-state index is 4.42. The Bertz CT molecular complexity index is 808. The maximum Gasteiger partial charge on any atom is 0.222 e. The van der Waals surface area contributed by atoms with Gasteiger partial charge in [-0.3, -0.25) is 0 Å². The van der Waals surface area contributed by atoms with E-state index >= 15 is 0 Å². The lowest BCUT2D eigenvalue weighted by Gasteiger charge is -2.32. The second kappa shape index (κ2) is 5.96. The van der Waals surface area contributed by atoms with Crippen LogP contribution in [0.3, 0.4) is 0 Å². The van der Waals surface area contributed by atoms with Crippen LogP contribution in [0.4, 0.5) is 5.95 Å². The van der Waals surface area contributed by atoms with Crippen molar-refractivity contribution in [3.05, 3.63) is 75.1 Å². The fraction of sp³-hybridized carbons (Fsp3) is 0.222. The summed E-state index contributed by atoms with van der Waals surface area (Å²) in [5, 5.41) is 7.93. The fourth-order valence-corrected chi connectivity index (χ4v) is 3.46. The molecule has 1 aliphatic rings. The third-order valence-corrected chi connectivity index (χ3v) is 5.08. The molecule has 0 saturated carbocycles. The Morgan fingerprint density at radius 1 is 1.04 bits per heavy atom. The van der Waals surface area contributed by atoms with Gasteiger partial charge in [0.05, 0.1) is 12.1 Å². The van der Waals surface area contributed by atoms with Gasteiger partial charge in [0, 0.05) is 3.57 Å². The second-order valence-corrected chi connectivity index (χ2v) is 7.18. The summed E-state index contributed by atoms with van der Waals surface area (Å²) in [4.78, 5) is 4.38. The third-order valence-electron chi connectivity index (χ3n) is 4.37. The maximum absolute atomic E-state index is 4.42. The van der Waals surface area contributed by atoms with Crippen molar-refractivity contribution in [1.82, 2.24) is 14.8 Å². The lowest BCUT2D eigenvalue weighted by Crippen LogP contribution is -2.28. The van der Waals surface area contributed by atoms with Crippen LogP contribution in [0.2, 0.25) is 0 Å². The largest absolute Gasteiger partial charge is 0.348 e. The highest BCUT2D eigenvalue weighted by atomic mass is 127. The van der Waals surface area contributed by atoms with Crippen molar-refractivity contribution in [1.29, 1.82) is 0 Å². The lowest BCUT2D eigenvalue weighted by molar-refractivity contribution is 0.431. The van der Waals surface area contributed by atoms with Gasteiger partial charge in [-0.1, -0.05) is 42.0 Å². The molecule has 4 rings (SSSR count). The van der Waals surface area contributed by atoms with Gasteiger partial charge in [0.15, 0.2) is 0 Å². The predicted octanol–water partition coefficient (Wildman–Crippen LogP) is 4.34. The number of nitrogens with zero attached hydrogens (tertiary/aromatic N) is 3. The minimum absolute atomic E-state index is 0.207. The van der Waals surface area contributed by atoms with Crippen LogP contribution in [-0.4, -0.2) is 14.8 Å². The van der Waals surface area contributed by atoms with Crippen molar-refractivity contribution in [2.45, 2.75) is 25.4 Å². The van der Waals surface area contributed by atoms with E-state index in [0.717, 1.165) is 12.4 Å². The van der Waals surface area contributed by atoms with Crippen LogP contribution in [0.5, 0.6) is 0 Å². The molecule has 0 fully saturated rings. The summed E-state index contributed by atoms with van der Waals surface area (Å²) in [7, 11) is 0. The Hall–Kier alpha value is -1.89. The Labute approximate surface area is 149 Å². The van der Waals surface area contributed by atoms with E-state index in [9.17, 15) is 0 Å². The van der Waals surface area contributed by atoms with E-state index in [1.54, 1.807) is 6.33 Å². The van der Waals surface area contributed by atoms with Gasteiger partial charge in [0.2, 0.25) is 5.95 Å². The van der Waals surface area contributed by atoms with Crippen LogP contribution >= 0.6 is 22.6 Å². The number of halogens is 1. The van der Waals surface area contributed by atoms with E-state index in [2.05, 4.69) is 93.4 Å². The Morgan fingerprint density at radius 3 is 2.48 bits per heavy atom. The van der Waals surface area contributed by atoms with Crippen molar-refractivity contribution in [3.63, 3.8) is 0 Å². The van der Waals surface area contributed by atoms with Crippen LogP contribution in [0, 0.1) is 10.5 Å². The zero-order valence-corrected chi connectivity index (χ0v) is 14.9. The first-order chi connectivity index (χ1) is 11.2. The van der Waals surface area contributed by atoms with Crippen LogP contribution in [0.1, 0.15) is 35.2 Å². The number of rotatable bonds is 2. The highest BCUT2D eigenvalue weighted by Crippen LogP contribution is 2.37. The van der Waals surface area contributed by atoms with Crippen molar-refractivity contribution in [2.75, 3.05) is 5.32 Å². The average Bonchev–Trinajstić information content (AvgIpc) is 3.04. The summed E-state index contributed by atoms with van der Waals surface area (Å²) in [6, 6.07) is 17.9. The molecule has 0 aliphatic carbocycles. The molecular formula is C18H17IN4. The molecule has 2 heterocycles. The summed E-state index contributed by atoms with van der Waals surface area (Å²) < 4.78 is 3.24. The molecule has 23 heavy (non-hydrogen) atoms. The standard InChI is InChI=1S/C18H17IN4/c1-12-2-4-14(5-3-12)17-10-16(13-6-8-15(19)9-7-13)22-18-20-11-21-23(17)18/h2-9,11,16-17H,10H2,1H3,(H,20,21,22)/t16-,17+/m1/s1. The number of fused-ring (bicyclic) bond motifs is 1. The van der Waals surface area contributed by atoms with E-state index in [0.29, 0.717) is 0 Å². The van der Waals surface area contributed by atoms with Gasteiger partial charge in [-0.2, -0.15) is 10.1 Å². The van der Waals surface area contributed by atoms with Gasteiger partial charge in [-0.15, -0.1) is 0 Å². The molecule has 1 N–H and O–H groups in total. The van der Waals surface area contributed by atoms with Crippen LogP contribution in [0.25, 0.3) is 0 Å². The lowest BCUT2D eigenvalue weighted by atomic mass is 9.93. The molecule has 0 spiro atoms. The van der Waals surface area contributed by atoms with E-state index in [-0.39, 0.29) is 12.1 Å². The molecule has 0 radical (unpaired) electrons. The molecule has 116 valence electrons. The number of anilines is 1. The Kier molecular flexibility index (Phi) is 3.80. The SMILES string of the molecule is Cc1ccc([C@@H]2C[C@H](c3ccc(I)cc3)Nc3ncnn32)cc1. The second-order valence-electron chi connectivity index (χ2n) is 5.94. The van der Waals surface area contributed by atoms with Crippen molar-refractivity contribution < 1.29 is 0 Å². The normalized spacial score (nSPS) is 19.9. The van der Waals surface area contributed by atoms with Gasteiger partial charge in [-0.05, 0) is 59.2 Å².